The number of likely N-dealkylation sites (tertiary alicyclic amines) is 2. The number of hydrogen-bond acceptors (Lipinski definition) is 7. The Kier molecular flexibility index (Phi) is 8.13. The number of piperidine rings is 1. The van der Waals surface area contributed by atoms with Crippen LogP contribution in [0.25, 0.3) is 11.0 Å². The maximum absolute atomic E-state index is 12.8. The van der Waals surface area contributed by atoms with Crippen LogP contribution in [0.1, 0.15) is 44.8 Å². The number of aromatic nitrogens is 3. The van der Waals surface area contributed by atoms with Crippen molar-refractivity contribution in [2.24, 2.45) is 0 Å². The van der Waals surface area contributed by atoms with Crippen molar-refractivity contribution >= 4 is 28.9 Å². The van der Waals surface area contributed by atoms with Gasteiger partial charge in [-0.05, 0) is 53.8 Å². The number of aryl methyl sites for hydroxylation is 1. The van der Waals surface area contributed by atoms with E-state index < -0.39 is 0 Å². The number of carbonyl (C=O) groups is 2. The second-order valence-electron chi connectivity index (χ2n) is 10.4. The molecule has 10 nitrogen and oxygen atoms in total. The largest absolute Gasteiger partial charge is 0.444 e. The smallest absolute Gasteiger partial charge is 0.410 e. The summed E-state index contributed by atoms with van der Waals surface area (Å²) in [6, 6.07) is 2.61. The summed E-state index contributed by atoms with van der Waals surface area (Å²) in [7, 11) is 3.92. The van der Waals surface area contributed by atoms with E-state index in [0.717, 1.165) is 41.9 Å². The number of ether oxygens (including phenoxy) is 1. The first kappa shape index (κ1) is 25.9. The number of nitrogens with zero attached hydrogens (tertiary/aromatic N) is 6. The number of rotatable bonds is 7. The fraction of sp³-hybridized carbons (Fsp3) is 0.615. The van der Waals surface area contributed by atoms with Gasteiger partial charge in [0.25, 0.3) is 0 Å². The predicted octanol–water partition coefficient (Wildman–Crippen LogP) is 3.05. The van der Waals surface area contributed by atoms with Gasteiger partial charge in [0.05, 0.1) is 18.4 Å². The molecule has 0 radical (unpaired) electrons. The minimum atomic E-state index is -0.289. The van der Waals surface area contributed by atoms with Gasteiger partial charge in [-0.2, -0.15) is 0 Å². The zero-order valence-electron chi connectivity index (χ0n) is 22.1. The quantitative estimate of drug-likeness (QED) is 0.588. The van der Waals surface area contributed by atoms with Gasteiger partial charge in [0.1, 0.15) is 11.6 Å². The van der Waals surface area contributed by atoms with Gasteiger partial charge in [-0.25, -0.2) is 14.8 Å². The van der Waals surface area contributed by atoms with E-state index in [9.17, 15) is 9.59 Å². The summed E-state index contributed by atoms with van der Waals surface area (Å²) in [5.41, 5.74) is 2.91. The highest BCUT2D eigenvalue weighted by Gasteiger charge is 2.31. The number of imidazole rings is 1. The molecule has 0 aliphatic carbocycles. The molecular formula is C26H39N7O3. The van der Waals surface area contributed by atoms with Crippen molar-refractivity contribution in [3.05, 3.63) is 30.2 Å². The normalized spacial score (nSPS) is 19.2. The second kappa shape index (κ2) is 11.3. The summed E-state index contributed by atoms with van der Waals surface area (Å²) in [5.74, 6) is 0.778. The summed E-state index contributed by atoms with van der Waals surface area (Å²) in [5, 5.41) is 3.57. The van der Waals surface area contributed by atoms with E-state index >= 15 is 0 Å². The van der Waals surface area contributed by atoms with Crippen molar-refractivity contribution in [1.29, 1.82) is 0 Å². The fourth-order valence-electron chi connectivity index (χ4n) is 4.78. The second-order valence-corrected chi connectivity index (χ2v) is 10.4. The lowest BCUT2D eigenvalue weighted by molar-refractivity contribution is -0.125. The Morgan fingerprint density at radius 1 is 1.19 bits per heavy atom. The number of likely N-dealkylation sites (N-methyl/N-ethyl adjacent to an activating group) is 1. The number of carbonyl (C=O) groups excluding carboxylic acids is 2. The standard InChI is InChI=1S/C26H39N7O3/c1-18(2)33-17-27-24-22(33)15-19(3)28-25(24)29-20-8-12-31(13-9-20)26(35)36-21-10-14-32(16-21)23(34)7-6-11-30(4)5/h6-7,15,17-18,20-21H,8-14,16H2,1-5H3,(H,28,29). The number of pyridine rings is 1. The Hall–Kier alpha value is -3.14. The molecule has 0 saturated carbocycles. The molecule has 1 N–H and O–H groups in total. The number of amides is 2. The van der Waals surface area contributed by atoms with E-state index in [0.29, 0.717) is 38.6 Å². The monoisotopic (exact) mass is 497 g/mol. The van der Waals surface area contributed by atoms with Crippen molar-refractivity contribution in [3.63, 3.8) is 0 Å². The SMILES string of the molecule is Cc1cc2c(ncn2C(C)C)c(NC2CCN(C(=O)OC3CCN(C(=O)C=CCN(C)C)C3)CC2)n1. The maximum atomic E-state index is 12.8. The molecule has 2 aliphatic heterocycles. The van der Waals surface area contributed by atoms with Crippen LogP contribution in [0.15, 0.2) is 24.5 Å². The summed E-state index contributed by atoms with van der Waals surface area (Å²) in [6.07, 6.45) is 7.08. The van der Waals surface area contributed by atoms with Gasteiger partial charge >= 0.3 is 6.09 Å². The van der Waals surface area contributed by atoms with Crippen molar-refractivity contribution in [2.45, 2.75) is 58.2 Å². The lowest BCUT2D eigenvalue weighted by atomic mass is 10.1. The van der Waals surface area contributed by atoms with Crippen LogP contribution in [0.2, 0.25) is 0 Å². The van der Waals surface area contributed by atoms with Gasteiger partial charge in [0, 0.05) is 56.5 Å². The van der Waals surface area contributed by atoms with Crippen LogP contribution in [-0.2, 0) is 9.53 Å². The van der Waals surface area contributed by atoms with Gasteiger partial charge in [-0.15, -0.1) is 0 Å². The van der Waals surface area contributed by atoms with Gasteiger partial charge < -0.3 is 29.3 Å². The van der Waals surface area contributed by atoms with Crippen LogP contribution in [0.5, 0.6) is 0 Å². The summed E-state index contributed by atoms with van der Waals surface area (Å²) >= 11 is 0. The van der Waals surface area contributed by atoms with E-state index in [1.54, 1.807) is 15.9 Å². The van der Waals surface area contributed by atoms with Crippen LogP contribution >= 0.6 is 0 Å². The molecule has 1 unspecified atom stereocenters. The molecule has 2 aromatic rings. The Morgan fingerprint density at radius 2 is 1.92 bits per heavy atom. The molecule has 4 heterocycles. The van der Waals surface area contributed by atoms with Crippen molar-refractivity contribution < 1.29 is 14.3 Å². The fourth-order valence-corrected chi connectivity index (χ4v) is 4.78. The van der Waals surface area contributed by atoms with Crippen LogP contribution in [0.4, 0.5) is 10.6 Å². The van der Waals surface area contributed by atoms with Gasteiger partial charge in [-0.1, -0.05) is 6.08 Å². The third kappa shape index (κ3) is 6.16. The van der Waals surface area contributed by atoms with Gasteiger partial charge in [0.15, 0.2) is 5.82 Å². The van der Waals surface area contributed by atoms with E-state index in [1.807, 2.05) is 38.3 Å². The minimum absolute atomic E-state index is 0.0284. The van der Waals surface area contributed by atoms with Crippen LogP contribution < -0.4 is 5.32 Å². The summed E-state index contributed by atoms with van der Waals surface area (Å²) < 4.78 is 7.90. The third-order valence-electron chi connectivity index (χ3n) is 6.80. The van der Waals surface area contributed by atoms with E-state index in [-0.39, 0.29) is 24.1 Å². The molecule has 2 fully saturated rings. The number of anilines is 1. The van der Waals surface area contributed by atoms with E-state index in [4.69, 9.17) is 9.72 Å². The topological polar surface area (TPSA) is 95.8 Å². The lowest BCUT2D eigenvalue weighted by Crippen LogP contribution is -2.44. The van der Waals surface area contributed by atoms with Crippen LogP contribution in [0.3, 0.4) is 0 Å². The van der Waals surface area contributed by atoms with Crippen molar-refractivity contribution in [1.82, 2.24) is 29.2 Å². The minimum Gasteiger partial charge on any atom is -0.444 e. The zero-order chi connectivity index (χ0) is 25.8. The van der Waals surface area contributed by atoms with Crippen LogP contribution in [-0.4, -0.2) is 100 Å². The molecular weight excluding hydrogens is 458 g/mol. The number of hydrogen-bond donors (Lipinski definition) is 1. The Labute approximate surface area is 213 Å². The first-order valence-corrected chi connectivity index (χ1v) is 12.9. The Balaban J connectivity index is 1.26. The first-order chi connectivity index (χ1) is 17.2. The van der Waals surface area contributed by atoms with E-state index in [2.05, 4.69) is 34.8 Å². The Morgan fingerprint density at radius 3 is 2.61 bits per heavy atom. The number of fused-ring (bicyclic) bond motifs is 1. The third-order valence-corrected chi connectivity index (χ3v) is 6.80. The molecule has 4 rings (SSSR count). The number of nitrogens with one attached hydrogen (secondary N) is 1. The van der Waals surface area contributed by atoms with Gasteiger partial charge in [-0.3, -0.25) is 4.79 Å². The molecule has 2 amide bonds. The highest BCUT2D eigenvalue weighted by atomic mass is 16.6. The summed E-state index contributed by atoms with van der Waals surface area (Å²) in [4.78, 5) is 39.9. The molecule has 0 aromatic carbocycles. The summed E-state index contributed by atoms with van der Waals surface area (Å²) in [6.45, 7) is 9.30. The molecule has 1 atom stereocenters. The molecule has 2 aliphatic rings. The predicted molar refractivity (Wildman–Crippen MR) is 140 cm³/mol. The average molecular weight is 498 g/mol. The average Bonchev–Trinajstić information content (AvgIpc) is 3.46. The van der Waals surface area contributed by atoms with E-state index in [1.165, 1.54) is 0 Å². The Bertz CT molecular complexity index is 1100. The molecule has 2 saturated heterocycles. The molecule has 0 bridgehead atoms. The lowest BCUT2D eigenvalue weighted by Gasteiger charge is -2.32. The molecule has 10 heteroatoms. The van der Waals surface area contributed by atoms with Crippen LogP contribution in [0, 0.1) is 6.92 Å². The molecule has 0 spiro atoms. The zero-order valence-corrected chi connectivity index (χ0v) is 22.1. The van der Waals surface area contributed by atoms with Gasteiger partial charge in [0.2, 0.25) is 5.91 Å². The highest BCUT2D eigenvalue weighted by molar-refractivity contribution is 5.88. The molecule has 36 heavy (non-hydrogen) atoms. The van der Waals surface area contributed by atoms with Crippen molar-refractivity contribution in [2.75, 3.05) is 52.1 Å². The van der Waals surface area contributed by atoms with Crippen molar-refractivity contribution in [3.8, 4) is 0 Å². The molecule has 196 valence electrons. The first-order valence-electron chi connectivity index (χ1n) is 12.9. The highest BCUT2D eigenvalue weighted by Crippen LogP contribution is 2.26. The molecule has 2 aromatic heterocycles. The maximum Gasteiger partial charge on any atom is 0.410 e.